The summed E-state index contributed by atoms with van der Waals surface area (Å²) in [5, 5.41) is 3.52. The molecule has 0 radical (unpaired) electrons. The lowest BCUT2D eigenvalue weighted by atomic mass is 9.75. The zero-order chi connectivity index (χ0) is 13.6. The van der Waals surface area contributed by atoms with Gasteiger partial charge < -0.3 is 15.1 Å². The van der Waals surface area contributed by atoms with Crippen LogP contribution in [-0.2, 0) is 0 Å². The SMILES string of the molecule is CN(C)CCNCCN(C)C1CCC(C)(C)CC1. The van der Waals surface area contributed by atoms with Gasteiger partial charge in [0.25, 0.3) is 0 Å². The van der Waals surface area contributed by atoms with E-state index >= 15 is 0 Å². The highest BCUT2D eigenvalue weighted by atomic mass is 15.1. The second-order valence-corrected chi connectivity index (χ2v) is 6.93. The molecular formula is C15H33N3. The van der Waals surface area contributed by atoms with E-state index in [1.54, 1.807) is 0 Å². The molecule has 1 N–H and O–H groups in total. The van der Waals surface area contributed by atoms with Gasteiger partial charge in [-0.1, -0.05) is 13.8 Å². The number of nitrogens with zero attached hydrogens (tertiary/aromatic N) is 2. The van der Waals surface area contributed by atoms with Crippen molar-refractivity contribution >= 4 is 0 Å². The lowest BCUT2D eigenvalue weighted by molar-refractivity contribution is 0.128. The summed E-state index contributed by atoms with van der Waals surface area (Å²) >= 11 is 0. The summed E-state index contributed by atoms with van der Waals surface area (Å²) in [4.78, 5) is 4.78. The molecule has 0 atom stereocenters. The van der Waals surface area contributed by atoms with E-state index in [-0.39, 0.29) is 0 Å². The van der Waals surface area contributed by atoms with E-state index in [4.69, 9.17) is 0 Å². The minimum absolute atomic E-state index is 0.585. The zero-order valence-corrected chi connectivity index (χ0v) is 13.1. The molecule has 18 heavy (non-hydrogen) atoms. The largest absolute Gasteiger partial charge is 0.314 e. The predicted molar refractivity (Wildman–Crippen MR) is 80.1 cm³/mol. The fourth-order valence-corrected chi connectivity index (χ4v) is 2.69. The Morgan fingerprint density at radius 1 is 1.00 bits per heavy atom. The maximum atomic E-state index is 3.52. The van der Waals surface area contributed by atoms with Gasteiger partial charge >= 0.3 is 0 Å². The Kier molecular flexibility index (Phi) is 6.61. The molecule has 0 unspecified atom stereocenters. The Hall–Kier alpha value is -0.120. The van der Waals surface area contributed by atoms with Crippen LogP contribution < -0.4 is 5.32 Å². The Labute approximate surface area is 114 Å². The molecule has 0 aromatic carbocycles. The van der Waals surface area contributed by atoms with Crippen LogP contribution in [0.5, 0.6) is 0 Å². The van der Waals surface area contributed by atoms with E-state index in [0.717, 1.165) is 25.7 Å². The van der Waals surface area contributed by atoms with Gasteiger partial charge in [-0.05, 0) is 52.2 Å². The number of hydrogen-bond donors (Lipinski definition) is 1. The number of likely N-dealkylation sites (N-methyl/N-ethyl adjacent to an activating group) is 2. The summed E-state index contributed by atoms with van der Waals surface area (Å²) in [7, 11) is 6.53. The van der Waals surface area contributed by atoms with Crippen LogP contribution in [0.15, 0.2) is 0 Å². The maximum absolute atomic E-state index is 3.52. The van der Waals surface area contributed by atoms with E-state index in [9.17, 15) is 0 Å². The summed E-state index contributed by atoms with van der Waals surface area (Å²) in [5.74, 6) is 0. The first-order valence-corrected chi connectivity index (χ1v) is 7.46. The summed E-state index contributed by atoms with van der Waals surface area (Å²) in [6.07, 6.45) is 5.52. The molecule has 0 aromatic heterocycles. The van der Waals surface area contributed by atoms with Crippen molar-refractivity contribution in [2.45, 2.75) is 45.6 Å². The fourth-order valence-electron chi connectivity index (χ4n) is 2.69. The van der Waals surface area contributed by atoms with Gasteiger partial charge in [0, 0.05) is 32.2 Å². The summed E-state index contributed by atoms with van der Waals surface area (Å²) in [5.41, 5.74) is 0.585. The van der Waals surface area contributed by atoms with Crippen LogP contribution in [0.4, 0.5) is 0 Å². The highest BCUT2D eigenvalue weighted by Crippen LogP contribution is 2.36. The van der Waals surface area contributed by atoms with Gasteiger partial charge in [0.1, 0.15) is 0 Å². The van der Waals surface area contributed by atoms with Gasteiger partial charge in [0.05, 0.1) is 0 Å². The third-order valence-electron chi connectivity index (χ3n) is 4.31. The lowest BCUT2D eigenvalue weighted by Crippen LogP contribution is -2.41. The maximum Gasteiger partial charge on any atom is 0.0107 e. The molecule has 3 nitrogen and oxygen atoms in total. The molecule has 108 valence electrons. The molecule has 1 rings (SSSR count). The molecular weight excluding hydrogens is 222 g/mol. The van der Waals surface area contributed by atoms with Gasteiger partial charge in [-0.15, -0.1) is 0 Å². The molecule has 1 fully saturated rings. The first-order valence-electron chi connectivity index (χ1n) is 7.46. The van der Waals surface area contributed by atoms with E-state index in [1.165, 1.54) is 32.2 Å². The van der Waals surface area contributed by atoms with Crippen LogP contribution in [0.25, 0.3) is 0 Å². The molecule has 1 aliphatic carbocycles. The van der Waals surface area contributed by atoms with Crippen molar-refractivity contribution in [2.75, 3.05) is 47.3 Å². The molecule has 0 amide bonds. The van der Waals surface area contributed by atoms with Gasteiger partial charge in [-0.25, -0.2) is 0 Å². The summed E-state index contributed by atoms with van der Waals surface area (Å²) in [6, 6.07) is 0.814. The third kappa shape index (κ3) is 6.17. The predicted octanol–water partition coefficient (Wildman–Crippen LogP) is 2.04. The second kappa shape index (κ2) is 7.46. The van der Waals surface area contributed by atoms with Crippen molar-refractivity contribution in [1.29, 1.82) is 0 Å². The quantitative estimate of drug-likeness (QED) is 0.702. The molecule has 1 aliphatic rings. The van der Waals surface area contributed by atoms with Crippen molar-refractivity contribution in [3.63, 3.8) is 0 Å². The number of nitrogens with one attached hydrogen (secondary N) is 1. The van der Waals surface area contributed by atoms with Crippen molar-refractivity contribution in [1.82, 2.24) is 15.1 Å². The Bertz CT molecular complexity index is 216. The highest BCUT2D eigenvalue weighted by Gasteiger charge is 2.28. The van der Waals surface area contributed by atoms with Crippen LogP contribution in [-0.4, -0.2) is 63.2 Å². The standard InChI is InChI=1S/C15H33N3/c1-15(2)8-6-14(7-9-15)18(5)13-11-16-10-12-17(3)4/h14,16H,6-13H2,1-5H3. The Morgan fingerprint density at radius 2 is 1.56 bits per heavy atom. The van der Waals surface area contributed by atoms with E-state index < -0.39 is 0 Å². The first-order chi connectivity index (χ1) is 8.41. The second-order valence-electron chi connectivity index (χ2n) is 6.93. The highest BCUT2D eigenvalue weighted by molar-refractivity contribution is 4.82. The summed E-state index contributed by atoms with van der Waals surface area (Å²) in [6.45, 7) is 9.33. The molecule has 0 bridgehead atoms. The van der Waals surface area contributed by atoms with E-state index in [2.05, 4.69) is 50.1 Å². The normalized spacial score (nSPS) is 20.8. The van der Waals surface area contributed by atoms with Crippen LogP contribution in [0.3, 0.4) is 0 Å². The van der Waals surface area contributed by atoms with Crippen molar-refractivity contribution in [3.05, 3.63) is 0 Å². The minimum Gasteiger partial charge on any atom is -0.314 e. The summed E-state index contributed by atoms with van der Waals surface area (Å²) < 4.78 is 0. The fraction of sp³-hybridized carbons (Fsp3) is 1.00. The molecule has 0 aromatic rings. The molecule has 1 saturated carbocycles. The topological polar surface area (TPSA) is 18.5 Å². The molecule has 0 aliphatic heterocycles. The smallest absolute Gasteiger partial charge is 0.0107 e. The minimum atomic E-state index is 0.585. The van der Waals surface area contributed by atoms with Crippen molar-refractivity contribution in [2.24, 2.45) is 5.41 Å². The van der Waals surface area contributed by atoms with Crippen molar-refractivity contribution in [3.8, 4) is 0 Å². The Balaban J connectivity index is 2.08. The van der Waals surface area contributed by atoms with Gasteiger partial charge in [0.15, 0.2) is 0 Å². The number of hydrogen-bond acceptors (Lipinski definition) is 3. The Morgan fingerprint density at radius 3 is 2.11 bits per heavy atom. The third-order valence-corrected chi connectivity index (χ3v) is 4.31. The van der Waals surface area contributed by atoms with Crippen LogP contribution in [0, 0.1) is 5.41 Å². The van der Waals surface area contributed by atoms with Gasteiger partial charge in [0.2, 0.25) is 0 Å². The van der Waals surface area contributed by atoms with E-state index in [1.807, 2.05) is 0 Å². The monoisotopic (exact) mass is 255 g/mol. The number of rotatable bonds is 7. The van der Waals surface area contributed by atoms with E-state index in [0.29, 0.717) is 5.41 Å². The average Bonchev–Trinajstić information content (AvgIpc) is 2.27. The molecule has 3 heteroatoms. The average molecular weight is 255 g/mol. The van der Waals surface area contributed by atoms with Crippen LogP contribution in [0.1, 0.15) is 39.5 Å². The first kappa shape index (κ1) is 15.9. The van der Waals surface area contributed by atoms with Gasteiger partial charge in [-0.2, -0.15) is 0 Å². The molecule has 0 spiro atoms. The van der Waals surface area contributed by atoms with Crippen molar-refractivity contribution < 1.29 is 0 Å². The molecule has 0 saturated heterocycles. The van der Waals surface area contributed by atoms with Gasteiger partial charge in [-0.3, -0.25) is 0 Å². The molecule has 0 heterocycles. The van der Waals surface area contributed by atoms with Crippen LogP contribution >= 0.6 is 0 Å². The van der Waals surface area contributed by atoms with Crippen LogP contribution in [0.2, 0.25) is 0 Å². The zero-order valence-electron chi connectivity index (χ0n) is 13.1. The lowest BCUT2D eigenvalue weighted by Gasteiger charge is -2.38.